The van der Waals surface area contributed by atoms with Gasteiger partial charge in [-0.25, -0.2) is 4.98 Å². The Morgan fingerprint density at radius 2 is 1.94 bits per heavy atom. The molecule has 2 aromatic heterocycles. The number of nitrogens with zero attached hydrogens (tertiary/aromatic N) is 3. The average molecular weight is 488 g/mol. The van der Waals surface area contributed by atoms with Crippen LogP contribution < -0.4 is 15.4 Å². The summed E-state index contributed by atoms with van der Waals surface area (Å²) >= 11 is 1.51. The van der Waals surface area contributed by atoms with Crippen LogP contribution in [0.2, 0.25) is 0 Å². The topological polar surface area (TPSA) is 88.6 Å². The summed E-state index contributed by atoms with van der Waals surface area (Å²) in [5, 5.41) is 7.98. The van der Waals surface area contributed by atoms with E-state index in [1.54, 1.807) is 18.2 Å². The van der Waals surface area contributed by atoms with Crippen LogP contribution in [-0.4, -0.2) is 47.1 Å². The highest BCUT2D eigenvalue weighted by atomic mass is 32.1. The predicted molar refractivity (Wildman–Crippen MR) is 139 cm³/mol. The molecule has 9 heteroatoms. The molecule has 3 heterocycles. The number of nitrogens with one attached hydrogen (secondary N) is 2. The zero-order valence-corrected chi connectivity index (χ0v) is 19.9. The van der Waals surface area contributed by atoms with Crippen LogP contribution >= 0.6 is 11.3 Å². The first-order valence-electron chi connectivity index (χ1n) is 11.3. The fourth-order valence-corrected chi connectivity index (χ4v) is 4.50. The van der Waals surface area contributed by atoms with Gasteiger partial charge in [0.15, 0.2) is 0 Å². The Morgan fingerprint density at radius 3 is 2.74 bits per heavy atom. The first-order valence-corrected chi connectivity index (χ1v) is 12.2. The highest BCUT2D eigenvalue weighted by molar-refractivity contribution is 7.17. The van der Waals surface area contributed by atoms with Gasteiger partial charge < -0.3 is 20.1 Å². The first kappa shape index (κ1) is 23.0. The number of amides is 1. The van der Waals surface area contributed by atoms with Gasteiger partial charge in [0, 0.05) is 37.1 Å². The summed E-state index contributed by atoms with van der Waals surface area (Å²) < 4.78 is 12.4. The lowest BCUT2D eigenvalue weighted by atomic mass is 10.2. The molecule has 0 saturated carbocycles. The molecule has 1 aliphatic rings. The molecule has 0 atom stereocenters. The number of anilines is 3. The maximum Gasteiger partial charge on any atom is 0.247 e. The van der Waals surface area contributed by atoms with Crippen molar-refractivity contribution < 1.29 is 14.3 Å². The molecule has 2 aromatic carbocycles. The molecule has 35 heavy (non-hydrogen) atoms. The van der Waals surface area contributed by atoms with Gasteiger partial charge in [0.1, 0.15) is 10.4 Å². The molecule has 0 bridgehead atoms. The fraction of sp³-hybridized carbons (Fsp3) is 0.192. The van der Waals surface area contributed by atoms with E-state index in [0.717, 1.165) is 48.8 Å². The van der Waals surface area contributed by atoms with E-state index in [2.05, 4.69) is 44.2 Å². The van der Waals surface area contributed by atoms with E-state index < -0.39 is 0 Å². The number of thiophene rings is 1. The van der Waals surface area contributed by atoms with Gasteiger partial charge in [0.05, 0.1) is 18.7 Å². The predicted octanol–water partition coefficient (Wildman–Crippen LogP) is 5.18. The Balaban J connectivity index is 1.32. The van der Waals surface area contributed by atoms with Gasteiger partial charge in [0.25, 0.3) is 0 Å². The van der Waals surface area contributed by atoms with Crippen molar-refractivity contribution in [1.29, 1.82) is 0 Å². The highest BCUT2D eigenvalue weighted by Gasteiger charge is 2.13. The Kier molecular flexibility index (Phi) is 6.99. The maximum absolute atomic E-state index is 11.6. The van der Waals surface area contributed by atoms with Crippen LogP contribution in [0.3, 0.4) is 0 Å². The van der Waals surface area contributed by atoms with Gasteiger partial charge in [-0.3, -0.25) is 9.69 Å². The monoisotopic (exact) mass is 487 g/mol. The van der Waals surface area contributed by atoms with Crippen LogP contribution in [0, 0.1) is 0 Å². The van der Waals surface area contributed by atoms with Crippen molar-refractivity contribution >= 4 is 44.8 Å². The van der Waals surface area contributed by atoms with Gasteiger partial charge in [0.2, 0.25) is 17.7 Å². The van der Waals surface area contributed by atoms with E-state index in [0.29, 0.717) is 23.3 Å². The fourth-order valence-electron chi connectivity index (χ4n) is 3.74. The van der Waals surface area contributed by atoms with Gasteiger partial charge in [-0.2, -0.15) is 4.98 Å². The number of carbonyl (C=O) groups excluding carboxylic acids is 1. The Bertz CT molecular complexity index is 1330. The van der Waals surface area contributed by atoms with Crippen LogP contribution in [0.1, 0.15) is 5.56 Å². The second kappa shape index (κ2) is 10.6. The molecule has 0 spiro atoms. The number of benzene rings is 2. The zero-order chi connectivity index (χ0) is 24.0. The Labute approximate surface area is 207 Å². The average Bonchev–Trinajstić information content (AvgIpc) is 3.35. The molecule has 1 aliphatic heterocycles. The second-order valence-electron chi connectivity index (χ2n) is 8.02. The van der Waals surface area contributed by atoms with E-state index in [4.69, 9.17) is 9.47 Å². The number of rotatable bonds is 8. The molecule has 1 saturated heterocycles. The summed E-state index contributed by atoms with van der Waals surface area (Å²) in [4.78, 5) is 23.3. The molecule has 1 fully saturated rings. The van der Waals surface area contributed by atoms with Gasteiger partial charge in [-0.05, 0) is 47.4 Å². The van der Waals surface area contributed by atoms with Crippen molar-refractivity contribution in [3.8, 4) is 11.6 Å². The van der Waals surface area contributed by atoms with E-state index in [1.807, 2.05) is 29.6 Å². The summed E-state index contributed by atoms with van der Waals surface area (Å²) in [7, 11) is 0. The number of hydrogen-bond donors (Lipinski definition) is 2. The van der Waals surface area contributed by atoms with Crippen molar-refractivity contribution in [1.82, 2.24) is 14.9 Å². The molecular formula is C26H25N5O3S. The molecular weight excluding hydrogens is 462 g/mol. The van der Waals surface area contributed by atoms with Crippen LogP contribution in [0.25, 0.3) is 10.2 Å². The van der Waals surface area contributed by atoms with E-state index >= 15 is 0 Å². The minimum absolute atomic E-state index is 0.285. The minimum atomic E-state index is -0.285. The van der Waals surface area contributed by atoms with Crippen molar-refractivity contribution in [3.05, 3.63) is 78.2 Å². The van der Waals surface area contributed by atoms with Crippen LogP contribution in [0.4, 0.5) is 17.3 Å². The number of ether oxygens (including phenoxy) is 2. The molecule has 5 rings (SSSR count). The number of morpholine rings is 1. The number of carbonyl (C=O) groups is 1. The standard InChI is InChI=1S/C26H25N5O3S/c1-2-23(32)27-20-4-3-5-21(16-20)34-25-24-22(10-15-35-24)29-26(30-25)28-19-8-6-18(7-9-19)17-31-11-13-33-14-12-31/h2-10,15-16H,1,11-14,17H2,(H,27,32)(H,28,29,30). The van der Waals surface area contributed by atoms with Crippen molar-refractivity contribution in [2.24, 2.45) is 0 Å². The second-order valence-corrected chi connectivity index (χ2v) is 8.94. The van der Waals surface area contributed by atoms with E-state index in [1.165, 1.54) is 23.0 Å². The van der Waals surface area contributed by atoms with Crippen LogP contribution in [0.15, 0.2) is 72.6 Å². The molecule has 0 radical (unpaired) electrons. The van der Waals surface area contributed by atoms with Gasteiger partial charge >= 0.3 is 0 Å². The highest BCUT2D eigenvalue weighted by Crippen LogP contribution is 2.33. The van der Waals surface area contributed by atoms with Crippen molar-refractivity contribution in [2.75, 3.05) is 36.9 Å². The van der Waals surface area contributed by atoms with Crippen LogP contribution in [0.5, 0.6) is 11.6 Å². The third-order valence-electron chi connectivity index (χ3n) is 5.49. The van der Waals surface area contributed by atoms with Gasteiger partial charge in [-0.15, -0.1) is 11.3 Å². The smallest absolute Gasteiger partial charge is 0.247 e. The molecule has 178 valence electrons. The summed E-state index contributed by atoms with van der Waals surface area (Å²) in [5.74, 6) is 1.16. The molecule has 2 N–H and O–H groups in total. The largest absolute Gasteiger partial charge is 0.437 e. The number of hydrogen-bond acceptors (Lipinski definition) is 8. The molecule has 0 aliphatic carbocycles. The number of aromatic nitrogens is 2. The summed E-state index contributed by atoms with van der Waals surface area (Å²) in [6.45, 7) is 7.89. The molecule has 8 nitrogen and oxygen atoms in total. The maximum atomic E-state index is 11.6. The molecule has 1 amide bonds. The zero-order valence-electron chi connectivity index (χ0n) is 19.1. The summed E-state index contributed by atoms with van der Waals surface area (Å²) in [6, 6.07) is 17.4. The van der Waals surface area contributed by atoms with E-state index in [9.17, 15) is 4.79 Å². The molecule has 0 unspecified atom stereocenters. The summed E-state index contributed by atoms with van der Waals surface area (Å²) in [5.41, 5.74) is 3.55. The van der Waals surface area contributed by atoms with Gasteiger partial charge in [-0.1, -0.05) is 24.8 Å². The lowest BCUT2D eigenvalue weighted by Gasteiger charge is -2.26. The van der Waals surface area contributed by atoms with Crippen LogP contribution in [-0.2, 0) is 16.1 Å². The van der Waals surface area contributed by atoms with Crippen molar-refractivity contribution in [3.63, 3.8) is 0 Å². The SMILES string of the molecule is C=CC(=O)Nc1cccc(Oc2nc(Nc3ccc(CN4CCOCC4)cc3)nc3ccsc23)c1. The minimum Gasteiger partial charge on any atom is -0.437 e. The quantitative estimate of drug-likeness (QED) is 0.331. The Morgan fingerprint density at radius 1 is 1.11 bits per heavy atom. The summed E-state index contributed by atoms with van der Waals surface area (Å²) in [6.07, 6.45) is 1.22. The van der Waals surface area contributed by atoms with E-state index in [-0.39, 0.29) is 5.91 Å². The third-order valence-corrected chi connectivity index (χ3v) is 6.39. The lowest BCUT2D eigenvalue weighted by molar-refractivity contribution is -0.111. The lowest BCUT2D eigenvalue weighted by Crippen LogP contribution is -2.35. The van der Waals surface area contributed by atoms with Crippen molar-refractivity contribution in [2.45, 2.75) is 6.54 Å². The normalized spacial score (nSPS) is 13.9. The number of fused-ring (bicyclic) bond motifs is 1. The Hall–Kier alpha value is -3.79. The third kappa shape index (κ3) is 5.83. The first-order chi connectivity index (χ1) is 17.2. The molecule has 4 aromatic rings.